The topological polar surface area (TPSA) is 79.7 Å². The number of aliphatic carboxylic acids is 1. The van der Waals surface area contributed by atoms with Gasteiger partial charge in [-0.2, -0.15) is 0 Å². The van der Waals surface area contributed by atoms with Crippen LogP contribution in [0.4, 0.5) is 0 Å². The number of rotatable bonds is 6. The summed E-state index contributed by atoms with van der Waals surface area (Å²) in [6.45, 7) is 15.3. The van der Waals surface area contributed by atoms with Crippen LogP contribution in [0.2, 0.25) is 0 Å². The van der Waals surface area contributed by atoms with E-state index in [0.717, 1.165) is 41.5 Å². The number of hydrogen-bond acceptors (Lipinski definition) is 5. The molecule has 2 aromatic heterocycles. The van der Waals surface area contributed by atoms with Crippen LogP contribution in [0.5, 0.6) is 0 Å². The van der Waals surface area contributed by atoms with Crippen molar-refractivity contribution in [1.29, 1.82) is 0 Å². The summed E-state index contributed by atoms with van der Waals surface area (Å²) < 4.78 is 6.02. The Hall–Kier alpha value is -2.44. The summed E-state index contributed by atoms with van der Waals surface area (Å²) in [4.78, 5) is 19.4. The zero-order chi connectivity index (χ0) is 23.8. The number of carbonyl (C=O) groups is 1. The van der Waals surface area contributed by atoms with Gasteiger partial charge in [-0.3, -0.25) is 0 Å². The van der Waals surface area contributed by atoms with Crippen molar-refractivity contribution in [2.75, 3.05) is 0 Å². The molecule has 0 unspecified atom stereocenters. The van der Waals surface area contributed by atoms with Crippen LogP contribution in [0.3, 0.4) is 0 Å². The summed E-state index contributed by atoms with van der Waals surface area (Å²) >= 11 is 1.66. The number of aryl methyl sites for hydroxylation is 3. The molecule has 0 aliphatic heterocycles. The van der Waals surface area contributed by atoms with Crippen molar-refractivity contribution < 1.29 is 19.7 Å². The Labute approximate surface area is 194 Å². The maximum absolute atomic E-state index is 12.4. The van der Waals surface area contributed by atoms with E-state index in [2.05, 4.69) is 6.58 Å². The molecule has 32 heavy (non-hydrogen) atoms. The zero-order valence-electron chi connectivity index (χ0n) is 19.8. The van der Waals surface area contributed by atoms with Crippen LogP contribution in [-0.2, 0) is 22.4 Å². The number of ether oxygens (including phenoxy) is 1. The first-order valence-corrected chi connectivity index (χ1v) is 11.8. The van der Waals surface area contributed by atoms with Crippen LogP contribution >= 0.6 is 11.3 Å². The minimum atomic E-state index is -1.23. The summed E-state index contributed by atoms with van der Waals surface area (Å²) in [5.74, 6) is -1.07. The molecule has 0 saturated carbocycles. The first-order valence-electron chi connectivity index (χ1n) is 11.0. The number of aromatic nitrogens is 1. The third-order valence-electron chi connectivity index (χ3n) is 5.72. The highest BCUT2D eigenvalue weighted by Gasteiger charge is 2.34. The van der Waals surface area contributed by atoms with Gasteiger partial charge in [0.05, 0.1) is 5.60 Å². The van der Waals surface area contributed by atoms with Gasteiger partial charge in [0.1, 0.15) is 10.6 Å². The third kappa shape index (κ3) is 4.81. The van der Waals surface area contributed by atoms with E-state index in [9.17, 15) is 15.0 Å². The molecule has 1 aliphatic rings. The van der Waals surface area contributed by atoms with Gasteiger partial charge in [-0.25, -0.2) is 9.78 Å². The number of thiophene rings is 1. The molecule has 0 aromatic carbocycles. The van der Waals surface area contributed by atoms with Crippen molar-refractivity contribution >= 4 is 33.1 Å². The van der Waals surface area contributed by atoms with E-state index in [1.165, 1.54) is 10.4 Å². The van der Waals surface area contributed by atoms with E-state index in [1.807, 2.05) is 47.6 Å². The zero-order valence-corrected chi connectivity index (χ0v) is 20.7. The van der Waals surface area contributed by atoms with Gasteiger partial charge >= 0.3 is 5.97 Å². The molecule has 2 aromatic rings. The largest absolute Gasteiger partial charge is 0.507 e. The second-order valence-corrected chi connectivity index (χ2v) is 10.4. The molecule has 172 valence electrons. The summed E-state index contributed by atoms with van der Waals surface area (Å²) in [6.07, 6.45) is 6.45. The number of allylic oxidation sites excluding steroid dienone is 4. The number of carboxylic acids is 1. The van der Waals surface area contributed by atoms with Crippen LogP contribution < -0.4 is 0 Å². The fraction of sp³-hybridized carbons (Fsp3) is 0.462. The number of pyridine rings is 1. The van der Waals surface area contributed by atoms with Crippen molar-refractivity contribution in [3.05, 3.63) is 57.3 Å². The van der Waals surface area contributed by atoms with Crippen LogP contribution in [0.25, 0.3) is 15.8 Å². The molecule has 0 radical (unpaired) electrons. The molecule has 0 saturated heterocycles. The normalized spacial score (nSPS) is 16.2. The van der Waals surface area contributed by atoms with Crippen LogP contribution in [0, 0.1) is 6.92 Å². The maximum atomic E-state index is 12.4. The minimum absolute atomic E-state index is 0.0180. The fourth-order valence-corrected chi connectivity index (χ4v) is 5.47. The van der Waals surface area contributed by atoms with E-state index >= 15 is 0 Å². The predicted molar refractivity (Wildman–Crippen MR) is 131 cm³/mol. The number of carboxylic acid groups (broad SMARTS) is 1. The molecule has 2 N–H and O–H groups in total. The molecule has 1 aliphatic carbocycles. The van der Waals surface area contributed by atoms with Crippen molar-refractivity contribution in [3.63, 3.8) is 0 Å². The van der Waals surface area contributed by atoms with Crippen molar-refractivity contribution in [2.24, 2.45) is 0 Å². The Morgan fingerprint density at radius 2 is 1.91 bits per heavy atom. The Kier molecular flexibility index (Phi) is 6.96. The summed E-state index contributed by atoms with van der Waals surface area (Å²) in [7, 11) is 0. The number of nitrogens with zero attached hydrogens (tertiary/aromatic N) is 1. The van der Waals surface area contributed by atoms with E-state index < -0.39 is 17.7 Å². The lowest BCUT2D eigenvalue weighted by Gasteiger charge is -2.28. The lowest BCUT2D eigenvalue weighted by molar-refractivity contribution is -0.160. The fourth-order valence-electron chi connectivity index (χ4n) is 4.15. The van der Waals surface area contributed by atoms with Crippen molar-refractivity contribution in [3.8, 4) is 0 Å². The van der Waals surface area contributed by atoms with Gasteiger partial charge < -0.3 is 14.9 Å². The van der Waals surface area contributed by atoms with Crippen LogP contribution in [0.15, 0.2) is 30.1 Å². The maximum Gasteiger partial charge on any atom is 0.337 e. The Morgan fingerprint density at radius 1 is 1.25 bits per heavy atom. The molecule has 0 amide bonds. The molecule has 6 heteroatoms. The van der Waals surface area contributed by atoms with Gasteiger partial charge in [0, 0.05) is 32.7 Å². The van der Waals surface area contributed by atoms with Crippen molar-refractivity contribution in [2.45, 2.75) is 78.9 Å². The molecule has 3 rings (SSSR count). The summed E-state index contributed by atoms with van der Waals surface area (Å²) in [5.41, 5.74) is 3.50. The smallest absolute Gasteiger partial charge is 0.337 e. The first kappa shape index (κ1) is 24.2. The predicted octanol–water partition coefficient (Wildman–Crippen LogP) is 6.85. The molecule has 2 heterocycles. The molecule has 0 bridgehead atoms. The first-order chi connectivity index (χ1) is 14.9. The number of hydrogen-bond donors (Lipinski definition) is 2. The average Bonchev–Trinajstić information content (AvgIpc) is 3.07. The monoisotopic (exact) mass is 455 g/mol. The molecular weight excluding hydrogens is 422 g/mol. The van der Waals surface area contributed by atoms with E-state index in [-0.39, 0.29) is 5.76 Å². The van der Waals surface area contributed by atoms with E-state index in [1.54, 1.807) is 17.4 Å². The standard InChI is InChI=1S/C26H33NO4S/c1-8-14(2)13-18(28)15(3)20-21(23(25(29)30)31-26(5,6)7)16(4)27-24-22(20)17-11-9-10-12-19(17)32-24/h8,13,23,28H,3,9-12H2,1-2,4-7H3,(H,29,30)/b14-8-,18-13+/t23-/m0/s1. The average molecular weight is 456 g/mol. The Morgan fingerprint density at radius 3 is 2.50 bits per heavy atom. The third-order valence-corrected chi connectivity index (χ3v) is 6.91. The van der Waals surface area contributed by atoms with Gasteiger partial charge in [0.2, 0.25) is 0 Å². The number of fused-ring (bicyclic) bond motifs is 3. The molecule has 1 atom stereocenters. The SMILES string of the molecule is C=C(/C(O)=C\C(C)=C/C)c1c([C@H](OC(C)(C)C)C(=O)O)c(C)nc2sc3c(c12)CCCC3. The second-order valence-electron chi connectivity index (χ2n) is 9.37. The lowest BCUT2D eigenvalue weighted by Crippen LogP contribution is -2.29. The van der Waals surface area contributed by atoms with Gasteiger partial charge in [0.15, 0.2) is 6.10 Å². The summed E-state index contributed by atoms with van der Waals surface area (Å²) in [5, 5.41) is 22.0. The van der Waals surface area contributed by atoms with Crippen molar-refractivity contribution in [1.82, 2.24) is 4.98 Å². The number of aliphatic hydroxyl groups excluding tert-OH is 1. The van der Waals surface area contributed by atoms with Gasteiger partial charge in [-0.05, 0) is 78.9 Å². The lowest BCUT2D eigenvalue weighted by atomic mass is 9.87. The summed E-state index contributed by atoms with van der Waals surface area (Å²) in [6, 6.07) is 0. The molecule has 5 nitrogen and oxygen atoms in total. The second kappa shape index (κ2) is 9.20. The van der Waals surface area contributed by atoms with E-state index in [0.29, 0.717) is 22.4 Å². The molecule has 0 fully saturated rings. The minimum Gasteiger partial charge on any atom is -0.507 e. The quantitative estimate of drug-likeness (QED) is 0.368. The highest BCUT2D eigenvalue weighted by molar-refractivity contribution is 7.18. The van der Waals surface area contributed by atoms with Gasteiger partial charge in [0.25, 0.3) is 0 Å². The Bertz CT molecular complexity index is 1130. The van der Waals surface area contributed by atoms with Crippen LogP contribution in [-0.4, -0.2) is 26.8 Å². The highest BCUT2D eigenvalue weighted by Crippen LogP contribution is 2.44. The number of aliphatic hydroxyl groups is 1. The van der Waals surface area contributed by atoms with Gasteiger partial charge in [-0.1, -0.05) is 18.2 Å². The highest BCUT2D eigenvalue weighted by atomic mass is 32.1. The Balaban J connectivity index is 2.39. The molecule has 0 spiro atoms. The molecular formula is C26H33NO4S. The van der Waals surface area contributed by atoms with Gasteiger partial charge in [-0.15, -0.1) is 11.3 Å². The van der Waals surface area contributed by atoms with E-state index in [4.69, 9.17) is 9.72 Å². The van der Waals surface area contributed by atoms with Crippen LogP contribution in [0.1, 0.15) is 80.8 Å².